The van der Waals surface area contributed by atoms with E-state index in [1.165, 1.54) is 12.8 Å². The lowest BCUT2D eigenvalue weighted by Gasteiger charge is -2.25. The Kier molecular flexibility index (Phi) is 7.33. The molecule has 1 aliphatic heterocycles. The lowest BCUT2D eigenvalue weighted by molar-refractivity contribution is 0.0971. The molecule has 0 saturated carbocycles. The fourth-order valence-corrected chi connectivity index (χ4v) is 5.10. The van der Waals surface area contributed by atoms with Crippen molar-refractivity contribution in [3.05, 3.63) is 98.3 Å². The summed E-state index contributed by atoms with van der Waals surface area (Å²) in [5, 5.41) is 0.425. The number of benzene rings is 3. The van der Waals surface area contributed by atoms with Crippen molar-refractivity contribution in [3.8, 4) is 11.5 Å². The van der Waals surface area contributed by atoms with Gasteiger partial charge in [0.25, 0.3) is 5.91 Å². The Balaban J connectivity index is 1.57. The third-order valence-electron chi connectivity index (χ3n) is 6.65. The van der Waals surface area contributed by atoms with Gasteiger partial charge in [0.1, 0.15) is 17.1 Å². The molecule has 1 aliphatic rings. The van der Waals surface area contributed by atoms with Gasteiger partial charge in [0, 0.05) is 10.2 Å². The Hall–Kier alpha value is -3.58. The molecule has 2 heterocycles. The van der Waals surface area contributed by atoms with Crippen molar-refractivity contribution in [1.29, 1.82) is 0 Å². The zero-order chi connectivity index (χ0) is 25.9. The normalized spacial score (nSPS) is 14.7. The van der Waals surface area contributed by atoms with Crippen LogP contribution in [0.25, 0.3) is 11.0 Å². The van der Waals surface area contributed by atoms with Gasteiger partial charge in [-0.1, -0.05) is 54.2 Å². The number of methoxy groups -OCH3 is 1. The standard InChI is InChI=1S/C30H28BrNO5/c1-3-4-5-6-17-36-23-12-7-19(8-13-23)27-26-28(33)24-18-20(31)9-16-25(24)37-29(26)30(34)32(27)21-10-14-22(35-2)15-11-21/h7-16,18,27H,3-6,17H2,1-2H3. The quantitative estimate of drug-likeness (QED) is 0.201. The fraction of sp³-hybridized carbons (Fsp3) is 0.267. The van der Waals surface area contributed by atoms with Gasteiger partial charge in [-0.3, -0.25) is 14.5 Å². The molecule has 0 radical (unpaired) electrons. The number of fused-ring (bicyclic) bond motifs is 2. The van der Waals surface area contributed by atoms with Crippen LogP contribution in [-0.4, -0.2) is 19.6 Å². The number of carbonyl (C=O) groups is 1. The van der Waals surface area contributed by atoms with Crippen molar-refractivity contribution in [2.24, 2.45) is 0 Å². The molecule has 1 amide bonds. The van der Waals surface area contributed by atoms with Gasteiger partial charge in [0.05, 0.1) is 30.7 Å². The molecule has 4 aromatic rings. The van der Waals surface area contributed by atoms with Crippen LogP contribution >= 0.6 is 15.9 Å². The Morgan fingerprint density at radius 1 is 0.919 bits per heavy atom. The molecule has 0 spiro atoms. The summed E-state index contributed by atoms with van der Waals surface area (Å²) in [7, 11) is 1.59. The van der Waals surface area contributed by atoms with Crippen molar-refractivity contribution in [2.45, 2.75) is 38.6 Å². The Morgan fingerprint density at radius 2 is 1.65 bits per heavy atom. The molecular formula is C30H28BrNO5. The third kappa shape index (κ3) is 4.88. The molecule has 0 fully saturated rings. The van der Waals surface area contributed by atoms with Gasteiger partial charge in [-0.2, -0.15) is 0 Å². The van der Waals surface area contributed by atoms with Crippen LogP contribution in [0, 0.1) is 0 Å². The van der Waals surface area contributed by atoms with Crippen LogP contribution < -0.4 is 19.8 Å². The van der Waals surface area contributed by atoms with Gasteiger partial charge in [0.15, 0.2) is 5.43 Å². The monoisotopic (exact) mass is 561 g/mol. The molecule has 5 rings (SSSR count). The van der Waals surface area contributed by atoms with E-state index in [4.69, 9.17) is 13.9 Å². The zero-order valence-corrected chi connectivity index (χ0v) is 22.4. The lowest BCUT2D eigenvalue weighted by atomic mass is 9.98. The van der Waals surface area contributed by atoms with Crippen molar-refractivity contribution < 1.29 is 18.7 Å². The van der Waals surface area contributed by atoms with Gasteiger partial charge >= 0.3 is 0 Å². The first kappa shape index (κ1) is 25.1. The number of amides is 1. The van der Waals surface area contributed by atoms with Crippen LogP contribution in [0.1, 0.15) is 60.3 Å². The van der Waals surface area contributed by atoms with E-state index in [1.807, 2.05) is 36.4 Å². The van der Waals surface area contributed by atoms with Crippen LogP contribution in [0.15, 0.2) is 80.4 Å². The van der Waals surface area contributed by atoms with E-state index < -0.39 is 6.04 Å². The SMILES string of the molecule is CCCCCCOc1ccc(C2c3c(oc4ccc(Br)cc4c3=O)C(=O)N2c2ccc(OC)cc2)cc1. The average molecular weight is 562 g/mol. The number of rotatable bonds is 9. The molecule has 1 unspecified atom stereocenters. The number of nitrogens with zero attached hydrogens (tertiary/aromatic N) is 1. The van der Waals surface area contributed by atoms with Crippen molar-refractivity contribution >= 4 is 38.5 Å². The minimum atomic E-state index is -0.644. The second-order valence-corrected chi connectivity index (χ2v) is 9.98. The molecule has 0 N–H and O–H groups in total. The van der Waals surface area contributed by atoms with Gasteiger partial charge in [-0.25, -0.2) is 0 Å². The third-order valence-corrected chi connectivity index (χ3v) is 7.14. The van der Waals surface area contributed by atoms with Crippen molar-refractivity contribution in [1.82, 2.24) is 0 Å². The predicted molar refractivity (Wildman–Crippen MR) is 148 cm³/mol. The Labute approximate surface area is 223 Å². The number of ether oxygens (including phenoxy) is 2. The van der Waals surface area contributed by atoms with Crippen LogP contribution in [0.4, 0.5) is 5.69 Å². The van der Waals surface area contributed by atoms with E-state index in [9.17, 15) is 9.59 Å². The smallest absolute Gasteiger partial charge is 0.295 e. The molecule has 1 aromatic heterocycles. The molecule has 37 heavy (non-hydrogen) atoms. The number of hydrogen-bond donors (Lipinski definition) is 0. The van der Waals surface area contributed by atoms with Crippen molar-refractivity contribution in [2.75, 3.05) is 18.6 Å². The topological polar surface area (TPSA) is 69.0 Å². The highest BCUT2D eigenvalue weighted by Gasteiger charge is 2.43. The summed E-state index contributed by atoms with van der Waals surface area (Å²) in [6, 6.07) is 19.4. The number of carbonyl (C=O) groups excluding carboxylic acids is 1. The van der Waals surface area contributed by atoms with Crippen LogP contribution in [0.5, 0.6) is 11.5 Å². The highest BCUT2D eigenvalue weighted by Crippen LogP contribution is 2.42. The number of hydrogen-bond acceptors (Lipinski definition) is 5. The summed E-state index contributed by atoms with van der Waals surface area (Å²) in [6.45, 7) is 2.84. The van der Waals surface area contributed by atoms with E-state index in [-0.39, 0.29) is 17.1 Å². The van der Waals surface area contributed by atoms with Crippen LogP contribution in [0.2, 0.25) is 0 Å². The largest absolute Gasteiger partial charge is 0.497 e. The van der Waals surface area contributed by atoms with Gasteiger partial charge in [-0.05, 0) is 66.6 Å². The molecule has 0 saturated heterocycles. The minimum absolute atomic E-state index is 0.0666. The first-order valence-electron chi connectivity index (χ1n) is 12.5. The number of halogens is 1. The summed E-state index contributed by atoms with van der Waals surface area (Å²) in [6.07, 6.45) is 4.54. The lowest BCUT2D eigenvalue weighted by Crippen LogP contribution is -2.29. The van der Waals surface area contributed by atoms with Crippen LogP contribution in [0.3, 0.4) is 0 Å². The number of unbranched alkanes of at least 4 members (excludes halogenated alkanes) is 3. The highest BCUT2D eigenvalue weighted by molar-refractivity contribution is 9.10. The average Bonchev–Trinajstić information content (AvgIpc) is 3.21. The maximum absolute atomic E-state index is 13.8. The molecular weight excluding hydrogens is 534 g/mol. The Bertz CT molecular complexity index is 1480. The van der Waals surface area contributed by atoms with Gasteiger partial charge in [-0.15, -0.1) is 0 Å². The molecule has 190 valence electrons. The maximum Gasteiger partial charge on any atom is 0.295 e. The predicted octanol–water partition coefficient (Wildman–Crippen LogP) is 7.27. The highest BCUT2D eigenvalue weighted by atomic mass is 79.9. The van der Waals surface area contributed by atoms with Crippen molar-refractivity contribution in [3.63, 3.8) is 0 Å². The van der Waals surface area contributed by atoms with E-state index in [2.05, 4.69) is 22.9 Å². The fourth-order valence-electron chi connectivity index (χ4n) is 4.73. The van der Waals surface area contributed by atoms with Gasteiger partial charge < -0.3 is 13.9 Å². The molecule has 1 atom stereocenters. The first-order valence-corrected chi connectivity index (χ1v) is 13.3. The maximum atomic E-state index is 13.8. The molecule has 7 heteroatoms. The first-order chi connectivity index (χ1) is 18.0. The molecule has 3 aromatic carbocycles. The van der Waals surface area contributed by atoms with Crippen LogP contribution in [-0.2, 0) is 0 Å². The zero-order valence-electron chi connectivity index (χ0n) is 20.8. The summed E-state index contributed by atoms with van der Waals surface area (Å²) >= 11 is 3.44. The van der Waals surface area contributed by atoms with E-state index in [0.29, 0.717) is 34.6 Å². The number of anilines is 1. The van der Waals surface area contributed by atoms with E-state index >= 15 is 0 Å². The van der Waals surface area contributed by atoms with E-state index in [0.717, 1.165) is 28.6 Å². The molecule has 0 bridgehead atoms. The summed E-state index contributed by atoms with van der Waals surface area (Å²) in [5.41, 5.74) is 1.93. The second kappa shape index (κ2) is 10.8. The summed E-state index contributed by atoms with van der Waals surface area (Å²) < 4.78 is 18.0. The molecule has 0 aliphatic carbocycles. The summed E-state index contributed by atoms with van der Waals surface area (Å²) in [4.78, 5) is 29.1. The van der Waals surface area contributed by atoms with Gasteiger partial charge in [0.2, 0.25) is 5.76 Å². The molecule has 6 nitrogen and oxygen atoms in total. The second-order valence-electron chi connectivity index (χ2n) is 9.07. The summed E-state index contributed by atoms with van der Waals surface area (Å²) in [5.74, 6) is 1.14. The minimum Gasteiger partial charge on any atom is -0.497 e. The van der Waals surface area contributed by atoms with E-state index in [1.54, 1.807) is 42.3 Å². The Morgan fingerprint density at radius 3 is 2.35 bits per heavy atom.